The average molecular weight is 424 g/mol. The molecule has 1 heterocycles. The second-order valence-corrected chi connectivity index (χ2v) is 10.3. The smallest absolute Gasteiger partial charge is 0.0948 e. The van der Waals surface area contributed by atoms with Crippen LogP contribution in [-0.2, 0) is 11.2 Å². The quantitative estimate of drug-likeness (QED) is 0.443. The van der Waals surface area contributed by atoms with Crippen molar-refractivity contribution in [3.63, 3.8) is 0 Å². The van der Waals surface area contributed by atoms with Gasteiger partial charge in [-0.25, -0.2) is 0 Å². The summed E-state index contributed by atoms with van der Waals surface area (Å²) < 4.78 is 6.21. The summed E-state index contributed by atoms with van der Waals surface area (Å²) in [5.74, 6) is 0.617. The van der Waals surface area contributed by atoms with E-state index in [4.69, 9.17) is 4.74 Å². The van der Waals surface area contributed by atoms with Crippen LogP contribution in [0.4, 0.5) is 0 Å². The molecule has 0 radical (unpaired) electrons. The van der Waals surface area contributed by atoms with Crippen molar-refractivity contribution in [1.82, 2.24) is 5.32 Å². The van der Waals surface area contributed by atoms with Crippen LogP contribution in [0, 0.1) is 12.8 Å². The van der Waals surface area contributed by atoms with Crippen LogP contribution in [0.15, 0.2) is 53.9 Å². The fourth-order valence-electron chi connectivity index (χ4n) is 4.09. The van der Waals surface area contributed by atoms with E-state index in [-0.39, 0.29) is 11.6 Å². The molecule has 0 saturated heterocycles. The van der Waals surface area contributed by atoms with Gasteiger partial charge in [-0.15, -0.1) is 11.3 Å². The molecule has 2 N–H and O–H groups in total. The first-order valence-corrected chi connectivity index (χ1v) is 11.9. The molecule has 1 saturated carbocycles. The molecule has 2 atom stereocenters. The molecule has 0 aliphatic heterocycles. The van der Waals surface area contributed by atoms with Crippen molar-refractivity contribution < 1.29 is 9.84 Å². The Morgan fingerprint density at radius 3 is 2.60 bits per heavy atom. The van der Waals surface area contributed by atoms with Crippen molar-refractivity contribution in [2.75, 3.05) is 13.2 Å². The molecule has 2 aromatic carbocycles. The minimum atomic E-state index is -0.512. The van der Waals surface area contributed by atoms with E-state index < -0.39 is 6.10 Å². The molecule has 1 aromatic heterocycles. The maximum absolute atomic E-state index is 10.6. The fourth-order valence-corrected chi connectivity index (χ4v) is 5.16. The van der Waals surface area contributed by atoms with Crippen molar-refractivity contribution >= 4 is 22.1 Å². The summed E-state index contributed by atoms with van der Waals surface area (Å²) in [5, 5.41) is 18.8. The summed E-state index contributed by atoms with van der Waals surface area (Å²) in [7, 11) is 0. The number of aliphatic hydroxyl groups excluding tert-OH is 1. The summed E-state index contributed by atoms with van der Waals surface area (Å²) in [4.78, 5) is 1.33. The number of β-amino-alcohol motifs (C(OH)–C–C–N with tert-alkyl or cyclic N) is 1. The molecule has 1 aliphatic carbocycles. The van der Waals surface area contributed by atoms with Gasteiger partial charge in [-0.2, -0.15) is 0 Å². The van der Waals surface area contributed by atoms with Crippen molar-refractivity contribution in [3.8, 4) is 0 Å². The third kappa shape index (κ3) is 5.50. The fraction of sp³-hybridized carbons (Fsp3) is 0.462. The highest BCUT2D eigenvalue weighted by atomic mass is 32.1. The van der Waals surface area contributed by atoms with Crippen molar-refractivity contribution in [2.24, 2.45) is 5.92 Å². The highest BCUT2D eigenvalue weighted by Crippen LogP contribution is 2.45. The molecule has 1 aliphatic rings. The van der Waals surface area contributed by atoms with Crippen LogP contribution in [0.5, 0.6) is 0 Å². The van der Waals surface area contributed by atoms with Crippen LogP contribution in [0.2, 0.25) is 0 Å². The summed E-state index contributed by atoms with van der Waals surface area (Å²) in [5.41, 5.74) is 2.50. The Balaban J connectivity index is 1.28. The third-order valence-corrected chi connectivity index (χ3v) is 7.04. The van der Waals surface area contributed by atoms with Gasteiger partial charge in [0.25, 0.3) is 0 Å². The Morgan fingerprint density at radius 2 is 1.90 bits per heavy atom. The monoisotopic (exact) mass is 423 g/mol. The van der Waals surface area contributed by atoms with E-state index >= 15 is 0 Å². The van der Waals surface area contributed by atoms with Crippen LogP contribution >= 0.6 is 11.3 Å². The molecular formula is C26H33NO2S. The molecule has 4 heteroatoms. The van der Waals surface area contributed by atoms with Gasteiger partial charge in [-0.05, 0) is 79.3 Å². The first-order chi connectivity index (χ1) is 14.4. The van der Waals surface area contributed by atoms with E-state index in [1.165, 1.54) is 39.6 Å². The van der Waals surface area contributed by atoms with E-state index in [0.29, 0.717) is 19.1 Å². The highest BCUT2D eigenvalue weighted by molar-refractivity contribution is 7.10. The van der Waals surface area contributed by atoms with Gasteiger partial charge in [-0.1, -0.05) is 42.5 Å². The summed E-state index contributed by atoms with van der Waals surface area (Å²) in [6.45, 7) is 7.44. The van der Waals surface area contributed by atoms with E-state index in [1.807, 2.05) is 0 Å². The predicted octanol–water partition coefficient (Wildman–Crippen LogP) is 5.65. The summed E-state index contributed by atoms with van der Waals surface area (Å²) in [6, 6.07) is 17.3. The second kappa shape index (κ2) is 9.19. The number of aliphatic hydroxyl groups is 1. The first kappa shape index (κ1) is 21.5. The van der Waals surface area contributed by atoms with Gasteiger partial charge in [-0.3, -0.25) is 0 Å². The van der Waals surface area contributed by atoms with Crippen molar-refractivity contribution in [3.05, 3.63) is 69.9 Å². The summed E-state index contributed by atoms with van der Waals surface area (Å²) in [6.07, 6.45) is 3.00. The minimum Gasteiger partial charge on any atom is -0.389 e. The van der Waals surface area contributed by atoms with Gasteiger partial charge in [0.05, 0.1) is 18.8 Å². The van der Waals surface area contributed by atoms with Crippen LogP contribution in [0.3, 0.4) is 0 Å². The predicted molar refractivity (Wildman–Crippen MR) is 126 cm³/mol. The lowest BCUT2D eigenvalue weighted by Gasteiger charge is -2.28. The van der Waals surface area contributed by atoms with Gasteiger partial charge in [0, 0.05) is 17.0 Å². The molecule has 0 spiro atoms. The first-order valence-electron chi connectivity index (χ1n) is 11.0. The maximum atomic E-state index is 10.6. The number of nitrogens with one attached hydrogen (secondary N) is 1. The Kier molecular flexibility index (Phi) is 6.59. The molecule has 1 fully saturated rings. The molecule has 2 unspecified atom stereocenters. The molecular weight excluding hydrogens is 390 g/mol. The number of hydrogen-bond acceptors (Lipinski definition) is 4. The number of ether oxygens (including phenoxy) is 1. The van der Waals surface area contributed by atoms with Gasteiger partial charge < -0.3 is 15.2 Å². The zero-order valence-corrected chi connectivity index (χ0v) is 19.0. The zero-order valence-electron chi connectivity index (χ0n) is 18.2. The largest absolute Gasteiger partial charge is 0.389 e. The minimum absolute atomic E-state index is 0.107. The van der Waals surface area contributed by atoms with Crippen LogP contribution in [0.1, 0.15) is 48.8 Å². The maximum Gasteiger partial charge on any atom is 0.0948 e. The van der Waals surface area contributed by atoms with E-state index in [2.05, 4.69) is 80.0 Å². The second-order valence-electron chi connectivity index (χ2n) is 9.34. The Labute approximate surface area is 184 Å². The average Bonchev–Trinajstić information content (AvgIpc) is 3.47. The van der Waals surface area contributed by atoms with Crippen molar-refractivity contribution in [2.45, 2.75) is 57.8 Å². The molecule has 4 rings (SSSR count). The number of fused-ring (bicyclic) bond motifs is 1. The normalized spacial score (nSPS) is 16.7. The number of aryl methyl sites for hydroxylation is 1. The lowest BCUT2D eigenvalue weighted by atomic mass is 9.93. The third-order valence-electron chi connectivity index (χ3n) is 5.95. The SMILES string of the molecule is Cc1ccsc1C(OCC(O)CNC(C)(C)Cc1ccc2ccccc2c1)C1CC1. The lowest BCUT2D eigenvalue weighted by Crippen LogP contribution is -2.46. The van der Waals surface area contributed by atoms with E-state index in [0.717, 1.165) is 6.42 Å². The van der Waals surface area contributed by atoms with Gasteiger partial charge in [0.15, 0.2) is 0 Å². The standard InChI is InChI=1S/C26H33NO2S/c1-18-12-13-30-25(18)24(21-10-11-21)29-17-23(28)16-27-26(2,3)15-19-8-9-20-6-4-5-7-22(20)14-19/h4-9,12-14,21,23-24,27-28H,10-11,15-17H2,1-3H3. The molecule has 30 heavy (non-hydrogen) atoms. The summed E-state index contributed by atoms with van der Waals surface area (Å²) >= 11 is 1.77. The zero-order chi connectivity index (χ0) is 21.1. The number of rotatable bonds is 10. The number of thiophene rings is 1. The number of benzene rings is 2. The van der Waals surface area contributed by atoms with Gasteiger partial charge >= 0.3 is 0 Å². The van der Waals surface area contributed by atoms with Crippen LogP contribution in [0.25, 0.3) is 10.8 Å². The Morgan fingerprint density at radius 1 is 1.13 bits per heavy atom. The van der Waals surface area contributed by atoms with Crippen LogP contribution in [-0.4, -0.2) is 29.9 Å². The van der Waals surface area contributed by atoms with Gasteiger partial charge in [0.2, 0.25) is 0 Å². The molecule has 3 nitrogen and oxygen atoms in total. The number of hydrogen-bond donors (Lipinski definition) is 2. The van der Waals surface area contributed by atoms with E-state index in [9.17, 15) is 5.11 Å². The lowest BCUT2D eigenvalue weighted by molar-refractivity contribution is -0.0198. The molecule has 0 amide bonds. The topological polar surface area (TPSA) is 41.5 Å². The van der Waals surface area contributed by atoms with E-state index in [1.54, 1.807) is 11.3 Å². The molecule has 0 bridgehead atoms. The highest BCUT2D eigenvalue weighted by Gasteiger charge is 2.35. The Bertz CT molecular complexity index is 976. The molecule has 160 valence electrons. The molecule has 3 aromatic rings. The Hall–Kier alpha value is -1.72. The van der Waals surface area contributed by atoms with Gasteiger partial charge in [0.1, 0.15) is 0 Å². The van der Waals surface area contributed by atoms with Crippen LogP contribution < -0.4 is 5.32 Å². The van der Waals surface area contributed by atoms with Crippen molar-refractivity contribution in [1.29, 1.82) is 0 Å².